The van der Waals surface area contributed by atoms with Gasteiger partial charge in [-0.3, -0.25) is 9.59 Å². The van der Waals surface area contributed by atoms with E-state index in [0.717, 1.165) is 0 Å². The van der Waals surface area contributed by atoms with Gasteiger partial charge in [0.1, 0.15) is 6.10 Å². The minimum absolute atomic E-state index is 0.0122. The van der Waals surface area contributed by atoms with Crippen LogP contribution in [0, 0.1) is 11.8 Å². The van der Waals surface area contributed by atoms with Gasteiger partial charge in [0.15, 0.2) is 5.75 Å². The van der Waals surface area contributed by atoms with Crippen molar-refractivity contribution in [3.63, 3.8) is 0 Å². The Bertz CT molecular complexity index is 933. The first-order chi connectivity index (χ1) is 17.1. The van der Waals surface area contributed by atoms with Crippen LogP contribution < -0.4 is 15.4 Å². The predicted molar refractivity (Wildman–Crippen MR) is 136 cm³/mol. The van der Waals surface area contributed by atoms with Gasteiger partial charge in [-0.25, -0.2) is 4.79 Å². The molecule has 2 aliphatic heterocycles. The van der Waals surface area contributed by atoms with E-state index in [1.54, 1.807) is 42.0 Å². The van der Waals surface area contributed by atoms with Crippen LogP contribution in [-0.4, -0.2) is 90.9 Å². The standard InChI is InChI=1S/C26H40N4O6/c1-16(2)27-26(34)29(5)14-22-17(3)13-30(18(4)15-31)25(33)20-7-6-8-21(23(20)36-22)28-24(32)19-9-11-35-12-10-19/h6-8,16-19,22,31H,9-15H2,1-5H3,(H,27,34)(H,28,32)/t17-,18+,22+/m0/s1. The second-order valence-corrected chi connectivity index (χ2v) is 10.2. The van der Waals surface area contributed by atoms with Crippen molar-refractivity contribution in [3.8, 4) is 5.75 Å². The molecule has 3 N–H and O–H groups in total. The molecule has 10 heteroatoms. The highest BCUT2D eigenvalue weighted by molar-refractivity contribution is 6.02. The number of amides is 4. The number of anilines is 1. The molecule has 3 atom stereocenters. The van der Waals surface area contributed by atoms with Gasteiger partial charge in [-0.05, 0) is 45.7 Å². The molecule has 0 spiro atoms. The molecule has 1 aromatic rings. The Morgan fingerprint density at radius 1 is 1.22 bits per heavy atom. The van der Waals surface area contributed by atoms with E-state index in [2.05, 4.69) is 10.6 Å². The third-order valence-corrected chi connectivity index (χ3v) is 6.75. The van der Waals surface area contributed by atoms with Gasteiger partial charge in [0.2, 0.25) is 5.91 Å². The molecule has 1 aromatic carbocycles. The topological polar surface area (TPSA) is 120 Å². The highest BCUT2D eigenvalue weighted by atomic mass is 16.5. The molecule has 0 saturated carbocycles. The minimum Gasteiger partial charge on any atom is -0.485 e. The fraction of sp³-hybridized carbons (Fsp3) is 0.654. The van der Waals surface area contributed by atoms with Gasteiger partial charge in [0.25, 0.3) is 5.91 Å². The maximum Gasteiger partial charge on any atom is 0.317 e. The highest BCUT2D eigenvalue weighted by Crippen LogP contribution is 2.35. The lowest BCUT2D eigenvalue weighted by Crippen LogP contribution is -2.51. The van der Waals surface area contributed by atoms with Gasteiger partial charge in [-0.15, -0.1) is 0 Å². The smallest absolute Gasteiger partial charge is 0.317 e. The summed E-state index contributed by atoms with van der Waals surface area (Å²) in [7, 11) is 1.70. The van der Waals surface area contributed by atoms with Gasteiger partial charge in [0.05, 0.1) is 30.4 Å². The number of aliphatic hydroxyl groups excluding tert-OH is 1. The van der Waals surface area contributed by atoms with E-state index in [-0.39, 0.29) is 54.6 Å². The van der Waals surface area contributed by atoms with Gasteiger partial charge >= 0.3 is 6.03 Å². The normalized spacial score (nSPS) is 21.6. The summed E-state index contributed by atoms with van der Waals surface area (Å²) in [5, 5.41) is 15.7. The molecule has 10 nitrogen and oxygen atoms in total. The summed E-state index contributed by atoms with van der Waals surface area (Å²) in [5.41, 5.74) is 0.730. The maximum atomic E-state index is 13.6. The number of fused-ring (bicyclic) bond motifs is 1. The molecule has 3 rings (SSSR count). The highest BCUT2D eigenvalue weighted by Gasteiger charge is 2.35. The van der Waals surface area contributed by atoms with Crippen molar-refractivity contribution in [2.75, 3.05) is 45.3 Å². The van der Waals surface area contributed by atoms with Crippen molar-refractivity contribution in [2.45, 2.75) is 58.7 Å². The average Bonchev–Trinajstić information content (AvgIpc) is 2.86. The summed E-state index contributed by atoms with van der Waals surface area (Å²) in [5.74, 6) is -0.462. The molecule has 0 radical (unpaired) electrons. The molecule has 2 heterocycles. The number of aliphatic hydroxyl groups is 1. The molecule has 36 heavy (non-hydrogen) atoms. The van der Waals surface area contributed by atoms with Crippen LogP contribution in [0.3, 0.4) is 0 Å². The lowest BCUT2D eigenvalue weighted by molar-refractivity contribution is -0.122. The van der Waals surface area contributed by atoms with Crippen LogP contribution in [0.15, 0.2) is 18.2 Å². The molecule has 2 aliphatic rings. The third-order valence-electron chi connectivity index (χ3n) is 6.75. The van der Waals surface area contributed by atoms with Gasteiger partial charge in [-0.1, -0.05) is 13.0 Å². The monoisotopic (exact) mass is 504 g/mol. The minimum atomic E-state index is -0.464. The number of rotatable bonds is 7. The van der Waals surface area contributed by atoms with Crippen molar-refractivity contribution in [1.29, 1.82) is 0 Å². The molecular formula is C26H40N4O6. The zero-order chi connectivity index (χ0) is 26.4. The molecule has 0 bridgehead atoms. The van der Waals surface area contributed by atoms with Crippen LogP contribution in [0.1, 0.15) is 50.9 Å². The Kier molecular flexibility index (Phi) is 9.56. The van der Waals surface area contributed by atoms with Crippen molar-refractivity contribution in [3.05, 3.63) is 23.8 Å². The number of carbonyl (C=O) groups excluding carboxylic acids is 3. The van der Waals surface area contributed by atoms with Crippen molar-refractivity contribution in [1.82, 2.24) is 15.1 Å². The van der Waals surface area contributed by atoms with E-state index < -0.39 is 12.1 Å². The number of benzene rings is 1. The third kappa shape index (κ3) is 6.67. The SMILES string of the molecule is CC(C)NC(=O)N(C)C[C@H]1Oc2c(NC(=O)C3CCOCC3)cccc2C(=O)N([C@H](C)CO)C[C@@H]1C. The van der Waals surface area contributed by atoms with Crippen molar-refractivity contribution < 1.29 is 29.0 Å². The number of nitrogens with zero attached hydrogens (tertiary/aromatic N) is 2. The Hall–Kier alpha value is -2.85. The molecule has 0 aliphatic carbocycles. The zero-order valence-corrected chi connectivity index (χ0v) is 22.0. The van der Waals surface area contributed by atoms with Crippen molar-refractivity contribution >= 4 is 23.5 Å². The Morgan fingerprint density at radius 3 is 2.56 bits per heavy atom. The van der Waals surface area contributed by atoms with Crippen LogP contribution in [0.2, 0.25) is 0 Å². The number of urea groups is 1. The lowest BCUT2D eigenvalue weighted by atomic mass is 9.98. The van der Waals surface area contributed by atoms with Crippen LogP contribution in [0.4, 0.5) is 10.5 Å². The van der Waals surface area contributed by atoms with E-state index in [1.807, 2.05) is 20.8 Å². The number of ether oxygens (including phenoxy) is 2. The Balaban J connectivity index is 1.95. The summed E-state index contributed by atoms with van der Waals surface area (Å²) < 4.78 is 11.8. The van der Waals surface area contributed by atoms with Gasteiger partial charge in [-0.2, -0.15) is 0 Å². The fourth-order valence-corrected chi connectivity index (χ4v) is 4.46. The first kappa shape index (κ1) is 27.7. The summed E-state index contributed by atoms with van der Waals surface area (Å²) in [6, 6.07) is 4.46. The Morgan fingerprint density at radius 2 is 1.92 bits per heavy atom. The number of hydrogen-bond donors (Lipinski definition) is 3. The molecule has 1 fully saturated rings. The maximum absolute atomic E-state index is 13.6. The number of para-hydroxylation sites is 1. The van der Waals surface area contributed by atoms with Crippen molar-refractivity contribution in [2.24, 2.45) is 11.8 Å². The first-order valence-corrected chi connectivity index (χ1v) is 12.7. The van der Waals surface area contributed by atoms with E-state index in [1.165, 1.54) is 0 Å². The second kappa shape index (κ2) is 12.4. The molecule has 0 unspecified atom stereocenters. The number of hydrogen-bond acceptors (Lipinski definition) is 6. The summed E-state index contributed by atoms with van der Waals surface area (Å²) in [6.45, 7) is 9.05. The van der Waals surface area contributed by atoms with E-state index >= 15 is 0 Å². The fourth-order valence-electron chi connectivity index (χ4n) is 4.46. The molecule has 0 aromatic heterocycles. The van der Waals surface area contributed by atoms with E-state index in [0.29, 0.717) is 43.9 Å². The molecule has 200 valence electrons. The van der Waals surface area contributed by atoms with Gasteiger partial charge in [0, 0.05) is 44.7 Å². The quantitative estimate of drug-likeness (QED) is 0.524. The largest absolute Gasteiger partial charge is 0.485 e. The van der Waals surface area contributed by atoms with Crippen LogP contribution in [0.25, 0.3) is 0 Å². The zero-order valence-electron chi connectivity index (χ0n) is 22.0. The summed E-state index contributed by atoms with van der Waals surface area (Å²) >= 11 is 0. The van der Waals surface area contributed by atoms with Crippen LogP contribution >= 0.6 is 0 Å². The van der Waals surface area contributed by atoms with Crippen LogP contribution in [-0.2, 0) is 9.53 Å². The van der Waals surface area contributed by atoms with E-state index in [9.17, 15) is 19.5 Å². The molecular weight excluding hydrogens is 464 g/mol. The summed E-state index contributed by atoms with van der Waals surface area (Å²) in [6.07, 6.45) is 0.810. The lowest BCUT2D eigenvalue weighted by Gasteiger charge is -2.38. The number of likely N-dealkylation sites (N-methyl/N-ethyl adjacent to an activating group) is 1. The van der Waals surface area contributed by atoms with E-state index in [4.69, 9.17) is 9.47 Å². The molecule has 4 amide bonds. The average molecular weight is 505 g/mol. The summed E-state index contributed by atoms with van der Waals surface area (Å²) in [4.78, 5) is 42.4. The number of carbonyl (C=O) groups is 3. The Labute approximate surface area is 213 Å². The van der Waals surface area contributed by atoms with Gasteiger partial charge < -0.3 is 35.0 Å². The number of nitrogens with one attached hydrogen (secondary N) is 2. The predicted octanol–water partition coefficient (Wildman–Crippen LogP) is 2.32. The first-order valence-electron chi connectivity index (χ1n) is 12.7. The van der Waals surface area contributed by atoms with Crippen LogP contribution in [0.5, 0.6) is 5.75 Å². The second-order valence-electron chi connectivity index (χ2n) is 10.2. The molecule has 1 saturated heterocycles.